The third-order valence-corrected chi connectivity index (χ3v) is 4.72. The van der Waals surface area contributed by atoms with Crippen LogP contribution in [0.2, 0.25) is 0 Å². The van der Waals surface area contributed by atoms with Crippen LogP contribution < -0.4 is 4.72 Å². The molecule has 0 bridgehead atoms. The van der Waals surface area contributed by atoms with Crippen LogP contribution in [0, 0.1) is 11.7 Å². The van der Waals surface area contributed by atoms with E-state index in [-0.39, 0.29) is 19.1 Å². The first-order valence-corrected chi connectivity index (χ1v) is 7.98. The van der Waals surface area contributed by atoms with Gasteiger partial charge in [0.1, 0.15) is 10.7 Å². The van der Waals surface area contributed by atoms with E-state index in [0.29, 0.717) is 18.8 Å². The lowest BCUT2D eigenvalue weighted by Crippen LogP contribution is -2.33. The van der Waals surface area contributed by atoms with Crippen LogP contribution >= 0.6 is 0 Å². The van der Waals surface area contributed by atoms with Gasteiger partial charge in [0.2, 0.25) is 10.0 Å². The van der Waals surface area contributed by atoms with E-state index >= 15 is 0 Å². The Morgan fingerprint density at radius 3 is 2.90 bits per heavy atom. The maximum absolute atomic E-state index is 13.6. The van der Waals surface area contributed by atoms with Gasteiger partial charge in [-0.05, 0) is 36.5 Å². The van der Waals surface area contributed by atoms with E-state index in [2.05, 4.69) is 4.72 Å². The molecule has 1 aromatic rings. The topological polar surface area (TPSA) is 75.6 Å². The minimum Gasteiger partial charge on any atom is -0.392 e. The number of hydrogen-bond donors (Lipinski definition) is 2. The number of ether oxygens (including phenoxy) is 1. The Morgan fingerprint density at radius 1 is 1.45 bits per heavy atom. The molecule has 0 spiro atoms. The first kappa shape index (κ1) is 15.4. The van der Waals surface area contributed by atoms with E-state index in [1.54, 1.807) is 0 Å². The Bertz CT molecular complexity index is 555. The number of halogens is 1. The molecule has 1 unspecified atom stereocenters. The molecule has 1 atom stereocenters. The summed E-state index contributed by atoms with van der Waals surface area (Å²) in [4.78, 5) is -0.430. The van der Waals surface area contributed by atoms with Crippen molar-refractivity contribution >= 4 is 10.0 Å². The highest BCUT2D eigenvalue weighted by Crippen LogP contribution is 2.18. The lowest BCUT2D eigenvalue weighted by atomic mass is 10.0. The first-order valence-electron chi connectivity index (χ1n) is 6.49. The molecule has 1 aromatic carbocycles. The maximum atomic E-state index is 13.6. The lowest BCUT2D eigenvalue weighted by molar-refractivity contribution is 0.0568. The van der Waals surface area contributed by atoms with Gasteiger partial charge in [-0.3, -0.25) is 0 Å². The average Bonchev–Trinajstić information content (AvgIpc) is 2.47. The van der Waals surface area contributed by atoms with Gasteiger partial charge in [-0.25, -0.2) is 17.5 Å². The van der Waals surface area contributed by atoms with Crippen LogP contribution in [0.15, 0.2) is 23.1 Å². The molecule has 20 heavy (non-hydrogen) atoms. The number of benzene rings is 1. The minimum absolute atomic E-state index is 0.114. The Hall–Kier alpha value is -1.02. The van der Waals surface area contributed by atoms with Crippen LogP contribution in [0.25, 0.3) is 0 Å². The maximum Gasteiger partial charge on any atom is 0.243 e. The predicted molar refractivity (Wildman–Crippen MR) is 71.1 cm³/mol. The van der Waals surface area contributed by atoms with E-state index < -0.39 is 20.7 Å². The third-order valence-electron chi connectivity index (χ3n) is 3.28. The van der Waals surface area contributed by atoms with Gasteiger partial charge in [0.05, 0.1) is 13.2 Å². The Kier molecular flexibility index (Phi) is 5.09. The highest BCUT2D eigenvalue weighted by molar-refractivity contribution is 7.89. The van der Waals surface area contributed by atoms with Crippen molar-refractivity contribution in [3.05, 3.63) is 29.6 Å². The van der Waals surface area contributed by atoms with Crippen molar-refractivity contribution in [2.75, 3.05) is 19.8 Å². The Balaban J connectivity index is 2.09. The first-order chi connectivity index (χ1) is 9.53. The van der Waals surface area contributed by atoms with Gasteiger partial charge in [-0.1, -0.05) is 6.07 Å². The van der Waals surface area contributed by atoms with Gasteiger partial charge < -0.3 is 9.84 Å². The fourth-order valence-corrected chi connectivity index (χ4v) is 3.37. The number of aliphatic hydroxyl groups excluding tert-OH is 1. The van der Waals surface area contributed by atoms with Crippen LogP contribution in [-0.2, 0) is 21.4 Å². The molecule has 1 saturated heterocycles. The smallest absolute Gasteiger partial charge is 0.243 e. The van der Waals surface area contributed by atoms with Crippen LogP contribution in [0.4, 0.5) is 4.39 Å². The molecule has 112 valence electrons. The van der Waals surface area contributed by atoms with Crippen molar-refractivity contribution in [1.29, 1.82) is 0 Å². The van der Waals surface area contributed by atoms with E-state index in [0.717, 1.165) is 25.0 Å². The van der Waals surface area contributed by atoms with Crippen molar-refractivity contribution < 1.29 is 22.7 Å². The van der Waals surface area contributed by atoms with Crippen LogP contribution in [0.3, 0.4) is 0 Å². The molecule has 1 aliphatic rings. The second kappa shape index (κ2) is 6.62. The molecule has 0 amide bonds. The zero-order valence-electron chi connectivity index (χ0n) is 11.0. The standard InChI is InChI=1S/C13H18FNO4S/c14-12-4-3-10(8-16)6-13(12)20(17,18)15-7-11-2-1-5-19-9-11/h3-4,6,11,15-16H,1-2,5,7-9H2. The summed E-state index contributed by atoms with van der Waals surface area (Å²) in [5, 5.41) is 9.00. The van der Waals surface area contributed by atoms with Crippen LogP contribution in [0.1, 0.15) is 18.4 Å². The molecule has 1 heterocycles. The van der Waals surface area contributed by atoms with Gasteiger partial charge in [0.25, 0.3) is 0 Å². The summed E-state index contributed by atoms with van der Waals surface area (Å²) in [6.45, 7) is 1.11. The quantitative estimate of drug-likeness (QED) is 0.851. The third kappa shape index (κ3) is 3.76. The number of rotatable bonds is 5. The summed E-state index contributed by atoms with van der Waals surface area (Å²) in [5.74, 6) is -0.711. The van der Waals surface area contributed by atoms with Gasteiger partial charge in [-0.2, -0.15) is 0 Å². The number of hydrogen-bond acceptors (Lipinski definition) is 4. The van der Waals surface area contributed by atoms with E-state index in [4.69, 9.17) is 9.84 Å². The van der Waals surface area contributed by atoms with Gasteiger partial charge in [-0.15, -0.1) is 0 Å². The van der Waals surface area contributed by atoms with Crippen molar-refractivity contribution in [3.8, 4) is 0 Å². The molecule has 0 aliphatic carbocycles. The molecule has 1 fully saturated rings. The lowest BCUT2D eigenvalue weighted by Gasteiger charge is -2.22. The molecule has 0 saturated carbocycles. The average molecular weight is 303 g/mol. The van der Waals surface area contributed by atoms with E-state index in [1.165, 1.54) is 6.07 Å². The van der Waals surface area contributed by atoms with Gasteiger partial charge in [0.15, 0.2) is 0 Å². The van der Waals surface area contributed by atoms with Crippen LogP contribution in [-0.4, -0.2) is 33.3 Å². The molecular formula is C13H18FNO4S. The summed E-state index contributed by atoms with van der Waals surface area (Å²) >= 11 is 0. The fraction of sp³-hybridized carbons (Fsp3) is 0.538. The summed E-state index contributed by atoms with van der Waals surface area (Å²) < 4.78 is 45.5. The second-order valence-corrected chi connectivity index (χ2v) is 6.59. The number of nitrogens with one attached hydrogen (secondary N) is 1. The fourth-order valence-electron chi connectivity index (χ4n) is 2.13. The van der Waals surface area contributed by atoms with Crippen molar-refractivity contribution in [2.45, 2.75) is 24.3 Å². The SMILES string of the molecule is O=S(=O)(NCC1CCCOC1)c1cc(CO)ccc1F. The minimum atomic E-state index is -3.91. The van der Waals surface area contributed by atoms with Crippen molar-refractivity contribution in [2.24, 2.45) is 5.92 Å². The summed E-state index contributed by atoms with van der Waals surface area (Å²) in [6, 6.07) is 3.54. The Morgan fingerprint density at radius 2 is 2.25 bits per heavy atom. The monoisotopic (exact) mass is 303 g/mol. The van der Waals surface area contributed by atoms with E-state index in [1.807, 2.05) is 0 Å². The highest BCUT2D eigenvalue weighted by Gasteiger charge is 2.22. The predicted octanol–water partition coefficient (Wildman–Crippen LogP) is 1.02. The summed E-state index contributed by atoms with van der Waals surface area (Å²) in [6.07, 6.45) is 1.79. The van der Waals surface area contributed by atoms with Crippen LogP contribution in [0.5, 0.6) is 0 Å². The molecule has 7 heteroatoms. The van der Waals surface area contributed by atoms with E-state index in [9.17, 15) is 12.8 Å². The molecule has 2 rings (SSSR count). The number of sulfonamides is 1. The molecular weight excluding hydrogens is 285 g/mol. The van der Waals surface area contributed by atoms with Gasteiger partial charge in [0, 0.05) is 13.2 Å². The second-order valence-electron chi connectivity index (χ2n) is 4.86. The molecule has 2 N–H and O–H groups in total. The van der Waals surface area contributed by atoms with Gasteiger partial charge >= 0.3 is 0 Å². The molecule has 1 aliphatic heterocycles. The zero-order chi connectivity index (χ0) is 14.6. The van der Waals surface area contributed by atoms with Crippen molar-refractivity contribution in [3.63, 3.8) is 0 Å². The normalized spacial score (nSPS) is 20.0. The number of aliphatic hydroxyl groups is 1. The highest BCUT2D eigenvalue weighted by atomic mass is 32.2. The summed E-state index contributed by atoms with van der Waals surface area (Å²) in [7, 11) is -3.91. The summed E-state index contributed by atoms with van der Waals surface area (Å²) in [5.41, 5.74) is 0.354. The molecule has 0 aromatic heterocycles. The molecule has 5 nitrogen and oxygen atoms in total. The Labute approximate surface area is 117 Å². The molecule has 0 radical (unpaired) electrons. The van der Waals surface area contributed by atoms with Crippen molar-refractivity contribution in [1.82, 2.24) is 4.72 Å². The largest absolute Gasteiger partial charge is 0.392 e. The zero-order valence-corrected chi connectivity index (χ0v) is 11.8.